The maximum Gasteiger partial charge on any atom is 0.407 e. The van der Waals surface area contributed by atoms with E-state index in [2.05, 4.69) is 56.7 Å². The standard InChI is InChI=1S/C52H62N8O6/c1-27(2)45(57-51(63)65-5)49(61)59-21-7-9-39(59)47-53-25-34(55-47)17-15-29-16-18-35(42-31-12-11-30(23-31)41(29)42)36-19-20-37(44-33-14-13-32(24-33)43(36)44)38-26-54-48(56-38)40-10-8-22-60(40)50(62)46(28(3)4)58-52(64)66-6/h16,18-20,25-28,30-33,39-40,45-46H,7-14,21-24H2,1-6H3,(H,53,55)(H,54,56)(H,57,63)(H,58,64). The van der Waals surface area contributed by atoms with Gasteiger partial charge in [0.05, 0.1) is 44.4 Å². The van der Waals surface area contributed by atoms with Crippen LogP contribution in [0.3, 0.4) is 0 Å². The second kappa shape index (κ2) is 17.6. The predicted molar refractivity (Wildman–Crippen MR) is 248 cm³/mol. The van der Waals surface area contributed by atoms with Gasteiger partial charge in [-0.2, -0.15) is 0 Å². The summed E-state index contributed by atoms with van der Waals surface area (Å²) in [5.74, 6) is 10.1. The summed E-state index contributed by atoms with van der Waals surface area (Å²) in [4.78, 5) is 72.3. The highest BCUT2D eigenvalue weighted by Crippen LogP contribution is 2.61. The van der Waals surface area contributed by atoms with E-state index < -0.39 is 24.3 Å². The Hall–Kier alpha value is -6.10. The van der Waals surface area contributed by atoms with Crippen LogP contribution in [0.2, 0.25) is 0 Å². The van der Waals surface area contributed by atoms with E-state index >= 15 is 0 Å². The van der Waals surface area contributed by atoms with Crippen molar-refractivity contribution < 1.29 is 28.7 Å². The molecule has 4 aromatic rings. The Kier molecular flexibility index (Phi) is 11.7. The average molecular weight is 895 g/mol. The van der Waals surface area contributed by atoms with Gasteiger partial charge >= 0.3 is 12.2 Å². The van der Waals surface area contributed by atoms with Crippen LogP contribution in [0.1, 0.15) is 173 Å². The number of aromatic nitrogens is 4. The Morgan fingerprint density at radius 1 is 0.621 bits per heavy atom. The molecule has 6 aliphatic rings. The molecular formula is C52H62N8O6. The van der Waals surface area contributed by atoms with E-state index in [1.165, 1.54) is 91.7 Å². The van der Waals surface area contributed by atoms with Gasteiger partial charge in [-0.1, -0.05) is 51.8 Å². The number of carbonyl (C=O) groups excluding carboxylic acids is 4. The molecule has 0 spiro atoms. The number of methoxy groups -OCH3 is 2. The summed E-state index contributed by atoms with van der Waals surface area (Å²) in [7, 11) is 2.62. The molecule has 4 amide bonds. The van der Waals surface area contributed by atoms with Crippen molar-refractivity contribution in [1.82, 2.24) is 40.4 Å². The topological polar surface area (TPSA) is 175 Å². The van der Waals surface area contributed by atoms with Crippen LogP contribution < -0.4 is 10.6 Å². The fourth-order valence-corrected chi connectivity index (χ4v) is 12.6. The number of likely N-dealkylation sites (tertiary alicyclic amines) is 2. The molecule has 346 valence electrons. The minimum Gasteiger partial charge on any atom is -0.453 e. The van der Waals surface area contributed by atoms with E-state index in [0.29, 0.717) is 48.3 Å². The van der Waals surface area contributed by atoms with Crippen molar-refractivity contribution in [3.63, 3.8) is 0 Å². The number of amides is 4. The van der Waals surface area contributed by atoms with Gasteiger partial charge in [-0.15, -0.1) is 0 Å². The minimum atomic E-state index is -0.692. The van der Waals surface area contributed by atoms with Crippen molar-refractivity contribution in [2.75, 3.05) is 27.3 Å². The first-order valence-electron chi connectivity index (χ1n) is 24.2. The van der Waals surface area contributed by atoms with Crippen molar-refractivity contribution >= 4 is 24.0 Å². The number of fused-ring (bicyclic) bond motifs is 10. The van der Waals surface area contributed by atoms with Gasteiger partial charge in [0, 0.05) is 24.2 Å². The second-order valence-corrected chi connectivity index (χ2v) is 20.1. The van der Waals surface area contributed by atoms with Crippen molar-refractivity contribution in [3.8, 4) is 34.2 Å². The fourth-order valence-electron chi connectivity index (χ4n) is 12.6. The quantitative estimate of drug-likeness (QED) is 0.114. The van der Waals surface area contributed by atoms with Crippen LogP contribution in [-0.4, -0.2) is 93.1 Å². The zero-order chi connectivity index (χ0) is 46.0. The average Bonchev–Trinajstić information content (AvgIpc) is 4.17. The van der Waals surface area contributed by atoms with Crippen molar-refractivity contribution in [2.45, 2.75) is 140 Å². The van der Waals surface area contributed by atoms with Crippen LogP contribution in [0.5, 0.6) is 0 Å². The van der Waals surface area contributed by atoms with Crippen LogP contribution in [0.15, 0.2) is 36.7 Å². The highest BCUT2D eigenvalue weighted by atomic mass is 16.5. The number of alkyl carbamates (subject to hydrolysis) is 2. The first kappa shape index (κ1) is 43.8. The van der Waals surface area contributed by atoms with E-state index in [0.717, 1.165) is 42.8 Å². The molecule has 2 saturated heterocycles. The largest absolute Gasteiger partial charge is 0.453 e. The lowest BCUT2D eigenvalue weighted by Gasteiger charge is -2.30. The number of nitrogens with zero attached hydrogens (tertiary/aromatic N) is 4. The van der Waals surface area contributed by atoms with E-state index in [-0.39, 0.29) is 35.7 Å². The molecule has 4 fully saturated rings. The van der Waals surface area contributed by atoms with Gasteiger partial charge in [-0.05, 0) is 145 Å². The van der Waals surface area contributed by atoms with Gasteiger partial charge in [-0.25, -0.2) is 19.6 Å². The Balaban J connectivity index is 0.927. The third-order valence-electron chi connectivity index (χ3n) is 15.7. The number of imidazole rings is 2. The number of rotatable bonds is 10. The van der Waals surface area contributed by atoms with Gasteiger partial charge in [-0.3, -0.25) is 9.59 Å². The van der Waals surface area contributed by atoms with Crippen molar-refractivity contribution in [3.05, 3.63) is 81.8 Å². The normalized spacial score (nSPS) is 24.3. The summed E-state index contributed by atoms with van der Waals surface area (Å²) in [6, 6.07) is 7.45. The first-order chi connectivity index (χ1) is 31.9. The number of ether oxygens (including phenoxy) is 2. The summed E-state index contributed by atoms with van der Waals surface area (Å²) in [5, 5.41) is 5.48. The lowest BCUT2D eigenvalue weighted by Crippen LogP contribution is -2.51. The third kappa shape index (κ3) is 7.61. The highest BCUT2D eigenvalue weighted by Gasteiger charge is 2.45. The molecule has 10 rings (SSSR count). The Morgan fingerprint density at radius 2 is 1.09 bits per heavy atom. The van der Waals surface area contributed by atoms with Gasteiger partial charge < -0.3 is 39.9 Å². The highest BCUT2D eigenvalue weighted by molar-refractivity contribution is 5.88. The van der Waals surface area contributed by atoms with Gasteiger partial charge in [0.1, 0.15) is 29.4 Å². The molecule has 0 radical (unpaired) electrons. The zero-order valence-corrected chi connectivity index (χ0v) is 39.0. The molecule has 8 atom stereocenters. The summed E-state index contributed by atoms with van der Waals surface area (Å²) in [5.41, 5.74) is 12.6. The molecule has 14 heteroatoms. The minimum absolute atomic E-state index is 0.101. The SMILES string of the molecule is COC(=O)NC(C(=O)N1CCCC1c1ncc(C#Cc2ccc(-c3ccc(-c4cnc(C5CCCN5C(=O)C(NC(=O)OC)C(C)C)[nH]4)c4c3C3CCC4C3)c3c2C2CCC3C2)[nH]1)C(C)C. The van der Waals surface area contributed by atoms with Crippen LogP contribution in [0, 0.1) is 23.7 Å². The van der Waals surface area contributed by atoms with Crippen molar-refractivity contribution in [2.24, 2.45) is 11.8 Å². The van der Waals surface area contributed by atoms with E-state index in [9.17, 15) is 19.2 Å². The summed E-state index contributed by atoms with van der Waals surface area (Å²) in [6.07, 6.45) is 12.9. The summed E-state index contributed by atoms with van der Waals surface area (Å²) >= 11 is 0. The van der Waals surface area contributed by atoms with E-state index in [4.69, 9.17) is 19.4 Å². The second-order valence-electron chi connectivity index (χ2n) is 20.1. The number of aromatic amines is 2. The van der Waals surface area contributed by atoms with Gasteiger partial charge in [0.25, 0.3) is 0 Å². The maximum absolute atomic E-state index is 13.9. The molecule has 2 saturated carbocycles. The van der Waals surface area contributed by atoms with Gasteiger partial charge in [0.15, 0.2) is 0 Å². The Morgan fingerprint density at radius 3 is 1.64 bits per heavy atom. The number of carbonyl (C=O) groups is 4. The smallest absolute Gasteiger partial charge is 0.407 e. The summed E-state index contributed by atoms with van der Waals surface area (Å²) in [6.45, 7) is 8.90. The summed E-state index contributed by atoms with van der Waals surface area (Å²) < 4.78 is 9.65. The monoisotopic (exact) mass is 894 g/mol. The Bertz CT molecular complexity index is 2640. The molecule has 4 bridgehead atoms. The number of benzene rings is 2. The number of H-pyrrole nitrogens is 2. The molecule has 2 aromatic heterocycles. The van der Waals surface area contributed by atoms with Crippen LogP contribution in [0.25, 0.3) is 22.4 Å². The molecular weight excluding hydrogens is 833 g/mol. The molecule has 4 N–H and O–H groups in total. The first-order valence-corrected chi connectivity index (χ1v) is 24.2. The zero-order valence-electron chi connectivity index (χ0n) is 39.0. The van der Waals surface area contributed by atoms with Crippen LogP contribution in [0.4, 0.5) is 9.59 Å². The third-order valence-corrected chi connectivity index (χ3v) is 15.7. The van der Waals surface area contributed by atoms with E-state index in [1.807, 2.05) is 43.7 Å². The van der Waals surface area contributed by atoms with E-state index in [1.54, 1.807) is 6.20 Å². The fraction of sp³-hybridized carbons (Fsp3) is 0.538. The Labute approximate surface area is 386 Å². The molecule has 8 unspecified atom stereocenters. The molecule has 2 aromatic carbocycles. The van der Waals surface area contributed by atoms with Crippen LogP contribution in [-0.2, 0) is 19.1 Å². The molecule has 4 heterocycles. The van der Waals surface area contributed by atoms with Gasteiger partial charge in [0.2, 0.25) is 11.8 Å². The van der Waals surface area contributed by atoms with Crippen LogP contribution >= 0.6 is 0 Å². The number of nitrogens with one attached hydrogen (secondary N) is 4. The number of hydrogen-bond donors (Lipinski definition) is 4. The number of hydrogen-bond acceptors (Lipinski definition) is 8. The molecule has 4 aliphatic carbocycles. The predicted octanol–water partition coefficient (Wildman–Crippen LogP) is 8.68. The molecule has 66 heavy (non-hydrogen) atoms. The lowest BCUT2D eigenvalue weighted by atomic mass is 9.78. The lowest BCUT2D eigenvalue weighted by molar-refractivity contribution is -0.136. The maximum atomic E-state index is 13.9. The molecule has 14 nitrogen and oxygen atoms in total. The molecule has 2 aliphatic heterocycles. The van der Waals surface area contributed by atoms with Crippen molar-refractivity contribution in [1.29, 1.82) is 0 Å².